The van der Waals surface area contributed by atoms with Crippen molar-refractivity contribution in [1.82, 2.24) is 0 Å². The van der Waals surface area contributed by atoms with Crippen LogP contribution in [0.1, 0.15) is 0 Å². The van der Waals surface area contributed by atoms with Crippen molar-refractivity contribution in [3.63, 3.8) is 0 Å². The first kappa shape index (κ1) is 9.24. The summed E-state index contributed by atoms with van der Waals surface area (Å²) in [4.78, 5) is 0.161. The van der Waals surface area contributed by atoms with Crippen LogP contribution in [0.2, 0.25) is 0 Å². The number of thiol groups is 1. The third-order valence-corrected chi connectivity index (χ3v) is 2.12. The first-order valence-electron chi connectivity index (χ1n) is 3.22. The molecular weight excluding hydrogens is 179 g/mol. The van der Waals surface area contributed by atoms with Crippen molar-refractivity contribution in [1.29, 1.82) is 0 Å². The maximum Gasteiger partial charge on any atom is 0.488 e. The second-order valence-corrected chi connectivity index (χ2v) is 3.25. The normalized spacial score (nSPS) is 10.2. The molecule has 0 spiro atoms. The zero-order valence-electron chi connectivity index (χ0n) is 6.04. The molecule has 1 aromatic rings. The Morgan fingerprint density at radius 3 is 1.92 bits per heavy atom. The van der Waals surface area contributed by atoms with Crippen LogP contribution in [0.3, 0.4) is 0 Å². The van der Waals surface area contributed by atoms with Crippen LogP contribution < -0.4 is 5.46 Å². The molecule has 2 N–H and O–H groups in total. The van der Waals surface area contributed by atoms with Crippen molar-refractivity contribution in [2.45, 2.75) is 4.90 Å². The van der Waals surface area contributed by atoms with Crippen LogP contribution in [0.25, 0.3) is 0 Å². The molecule has 12 heavy (non-hydrogen) atoms. The van der Waals surface area contributed by atoms with Gasteiger partial charge in [0.2, 0.25) is 0 Å². The number of hydrogen-bond acceptors (Lipinski definition) is 4. The molecule has 0 amide bonds. The fourth-order valence-corrected chi connectivity index (χ4v) is 1.16. The van der Waals surface area contributed by atoms with Crippen molar-refractivity contribution in [2.24, 2.45) is 0 Å². The highest BCUT2D eigenvalue weighted by molar-refractivity contribution is 7.72. The maximum atomic E-state index is 10.4. The molecule has 0 unspecified atom stereocenters. The predicted molar refractivity (Wildman–Crippen MR) is 44.8 cm³/mol. The van der Waals surface area contributed by atoms with Gasteiger partial charge in [-0.15, -0.1) is 0 Å². The van der Waals surface area contributed by atoms with E-state index in [0.29, 0.717) is 0 Å². The number of benzene rings is 1. The predicted octanol–water partition coefficient (Wildman–Crippen LogP) is -1.66. The van der Waals surface area contributed by atoms with E-state index in [1.54, 1.807) is 0 Å². The first-order chi connectivity index (χ1) is 5.61. The van der Waals surface area contributed by atoms with Crippen LogP contribution in [-0.2, 0) is 10.7 Å². The fraction of sp³-hybridized carbons (Fsp3) is 0. The van der Waals surface area contributed by atoms with Gasteiger partial charge < -0.3 is 10.0 Å². The van der Waals surface area contributed by atoms with Gasteiger partial charge in [-0.25, -0.2) is 8.42 Å². The quantitative estimate of drug-likeness (QED) is 0.381. The first-order valence-corrected chi connectivity index (χ1v) is 4.39. The largest absolute Gasteiger partial charge is 0.488 e. The molecule has 0 fully saturated rings. The molecule has 0 aliphatic carbocycles. The van der Waals surface area contributed by atoms with Crippen LogP contribution in [-0.4, -0.2) is 25.6 Å². The molecule has 0 heterocycles. The number of hydrogen-bond donors (Lipinski definition) is 3. The van der Waals surface area contributed by atoms with E-state index in [2.05, 4.69) is 0 Å². The maximum absolute atomic E-state index is 10.4. The Morgan fingerprint density at radius 2 is 1.58 bits per heavy atom. The molecule has 0 atom stereocenters. The lowest BCUT2D eigenvalue weighted by Crippen LogP contribution is -2.29. The summed E-state index contributed by atoms with van der Waals surface area (Å²) < 4.78 is 20.8. The zero-order valence-corrected chi connectivity index (χ0v) is 6.94. The molecule has 1 rings (SSSR count). The summed E-state index contributed by atoms with van der Waals surface area (Å²) in [6, 6.07) is 5.34. The summed E-state index contributed by atoms with van der Waals surface area (Å²) in [6.07, 6.45) is 0. The van der Waals surface area contributed by atoms with Gasteiger partial charge in [0.15, 0.2) is 10.7 Å². The Hall–Kier alpha value is -0.845. The third kappa shape index (κ3) is 2.07. The molecule has 0 saturated heterocycles. The Bertz CT molecular complexity index is 322. The van der Waals surface area contributed by atoms with Gasteiger partial charge in [0.1, 0.15) is 0 Å². The molecule has 6 heteroatoms. The van der Waals surface area contributed by atoms with Gasteiger partial charge in [-0.05, 0) is 17.6 Å². The van der Waals surface area contributed by atoms with E-state index in [1.165, 1.54) is 24.3 Å². The lowest BCUT2D eigenvalue weighted by Gasteiger charge is -1.97. The highest BCUT2D eigenvalue weighted by Crippen LogP contribution is 1.97. The van der Waals surface area contributed by atoms with E-state index in [-0.39, 0.29) is 10.4 Å². The molecule has 1 aromatic carbocycles. The minimum Gasteiger partial charge on any atom is -0.423 e. The van der Waals surface area contributed by atoms with E-state index >= 15 is 0 Å². The van der Waals surface area contributed by atoms with E-state index in [1.807, 2.05) is 0 Å². The molecule has 0 saturated carbocycles. The van der Waals surface area contributed by atoms with Gasteiger partial charge in [-0.2, -0.15) is 0 Å². The second kappa shape index (κ2) is 3.71. The molecule has 0 bridgehead atoms. The summed E-state index contributed by atoms with van der Waals surface area (Å²) in [5.74, 6) is 0. The molecule has 0 aliphatic rings. The summed E-state index contributed by atoms with van der Waals surface area (Å²) >= 11 is 0. The standard InChI is InChI=1S/C6H7BO4S/c8-7(9)5-1-3-6(4-2-5)12(10)11/h1-4,8-9,12H. The third-order valence-electron chi connectivity index (χ3n) is 1.40. The molecule has 4 nitrogen and oxygen atoms in total. The van der Waals surface area contributed by atoms with Gasteiger partial charge in [-0.1, -0.05) is 12.1 Å². The van der Waals surface area contributed by atoms with Crippen molar-refractivity contribution >= 4 is 23.3 Å². The molecule has 0 aliphatic heterocycles. The summed E-state index contributed by atoms with van der Waals surface area (Å²) in [6.45, 7) is 0. The fourth-order valence-electron chi connectivity index (χ4n) is 0.768. The molecule has 64 valence electrons. The molecule has 0 aromatic heterocycles. The van der Waals surface area contributed by atoms with Crippen molar-refractivity contribution in [3.8, 4) is 0 Å². The summed E-state index contributed by atoms with van der Waals surface area (Å²) in [7, 11) is -4.14. The Morgan fingerprint density at radius 1 is 1.08 bits per heavy atom. The van der Waals surface area contributed by atoms with Crippen molar-refractivity contribution in [3.05, 3.63) is 24.3 Å². The molecular formula is C6H7BO4S. The smallest absolute Gasteiger partial charge is 0.423 e. The van der Waals surface area contributed by atoms with Crippen molar-refractivity contribution in [2.75, 3.05) is 0 Å². The van der Waals surface area contributed by atoms with Crippen molar-refractivity contribution < 1.29 is 18.5 Å². The molecule has 0 radical (unpaired) electrons. The topological polar surface area (TPSA) is 74.6 Å². The van der Waals surface area contributed by atoms with E-state index in [4.69, 9.17) is 10.0 Å². The van der Waals surface area contributed by atoms with Crippen LogP contribution in [0, 0.1) is 0 Å². The van der Waals surface area contributed by atoms with E-state index in [0.717, 1.165) is 0 Å². The van der Waals surface area contributed by atoms with Crippen LogP contribution >= 0.6 is 0 Å². The minimum absolute atomic E-state index is 0.161. The Kier molecular flexibility index (Phi) is 2.85. The van der Waals surface area contributed by atoms with Gasteiger partial charge in [0.05, 0.1) is 4.90 Å². The Balaban J connectivity index is 3.01. The van der Waals surface area contributed by atoms with Crippen LogP contribution in [0.15, 0.2) is 29.2 Å². The lowest BCUT2D eigenvalue weighted by atomic mass is 9.81. The average molecular weight is 186 g/mol. The second-order valence-electron chi connectivity index (χ2n) is 2.22. The summed E-state index contributed by atoms with van der Waals surface area (Å²) in [5.41, 5.74) is 0.274. The minimum atomic E-state index is -2.59. The van der Waals surface area contributed by atoms with Crippen LogP contribution in [0.4, 0.5) is 0 Å². The van der Waals surface area contributed by atoms with Gasteiger partial charge in [-0.3, -0.25) is 0 Å². The average Bonchev–Trinajstić information content (AvgIpc) is 2.04. The monoisotopic (exact) mass is 186 g/mol. The van der Waals surface area contributed by atoms with E-state index < -0.39 is 17.8 Å². The number of rotatable bonds is 2. The zero-order chi connectivity index (χ0) is 9.14. The van der Waals surface area contributed by atoms with Crippen LogP contribution in [0.5, 0.6) is 0 Å². The highest BCUT2D eigenvalue weighted by Gasteiger charge is 2.09. The highest BCUT2D eigenvalue weighted by atomic mass is 32.2. The Labute approximate surface area is 71.6 Å². The summed E-state index contributed by atoms with van der Waals surface area (Å²) in [5, 5.41) is 17.3. The van der Waals surface area contributed by atoms with Gasteiger partial charge >= 0.3 is 7.12 Å². The van der Waals surface area contributed by atoms with Gasteiger partial charge in [0.25, 0.3) is 0 Å². The SMILES string of the molecule is O=[SH](=O)c1ccc(B(O)O)cc1. The van der Waals surface area contributed by atoms with E-state index in [9.17, 15) is 8.42 Å². The van der Waals surface area contributed by atoms with Gasteiger partial charge in [0, 0.05) is 0 Å². The lowest BCUT2D eigenvalue weighted by molar-refractivity contribution is 0.425.